The molecule has 0 heterocycles. The van der Waals surface area contributed by atoms with E-state index in [4.69, 9.17) is 0 Å². The number of hydrogen-bond donors (Lipinski definition) is 1. The van der Waals surface area contributed by atoms with Crippen molar-refractivity contribution in [3.63, 3.8) is 0 Å². The molecule has 0 aromatic carbocycles. The molecule has 0 rings (SSSR count). The molecular weight excluding hydrogens is 166 g/mol. The summed E-state index contributed by atoms with van der Waals surface area (Å²) in [5.74, 6) is 0.922. The van der Waals surface area contributed by atoms with Crippen LogP contribution in [-0.4, -0.2) is 19.6 Å². The van der Waals surface area contributed by atoms with Gasteiger partial charge in [0.2, 0.25) is 0 Å². The van der Waals surface area contributed by atoms with Crippen molar-refractivity contribution in [3.8, 4) is 0 Å². The van der Waals surface area contributed by atoms with Crippen molar-refractivity contribution in [1.29, 1.82) is 0 Å². The Hall–Kier alpha value is -0.990. The molecule has 1 atom stereocenters. The Bertz CT molecular complexity index is 176. The summed E-state index contributed by atoms with van der Waals surface area (Å²) in [4.78, 5) is 10.6. The molecule has 1 unspecified atom stereocenters. The van der Waals surface area contributed by atoms with Crippen molar-refractivity contribution >= 4 is 5.97 Å². The Balaban J connectivity index is 3.55. The highest BCUT2D eigenvalue weighted by molar-refractivity contribution is 5.81. The van der Waals surface area contributed by atoms with E-state index in [0.29, 0.717) is 11.8 Å². The molecule has 0 saturated heterocycles. The van der Waals surface area contributed by atoms with E-state index in [1.165, 1.54) is 13.2 Å². The van der Waals surface area contributed by atoms with Gasteiger partial charge in [-0.1, -0.05) is 20.8 Å². The smallest absolute Gasteiger partial charge is 0.331 e. The maximum absolute atomic E-state index is 10.6. The van der Waals surface area contributed by atoms with Crippen molar-refractivity contribution in [1.82, 2.24) is 5.32 Å². The molecule has 0 aliphatic rings. The van der Waals surface area contributed by atoms with Gasteiger partial charge in [0.1, 0.15) is 0 Å². The summed E-state index contributed by atoms with van der Waals surface area (Å²) in [7, 11) is 1.36. The maximum Gasteiger partial charge on any atom is 0.331 e. The van der Waals surface area contributed by atoms with Crippen molar-refractivity contribution in [2.24, 2.45) is 11.8 Å². The predicted molar refractivity (Wildman–Crippen MR) is 53.2 cm³/mol. The lowest BCUT2D eigenvalue weighted by Crippen LogP contribution is -2.19. The molecule has 0 aliphatic heterocycles. The number of carbonyl (C=O) groups is 1. The molecular formula is C10H19NO2. The van der Waals surface area contributed by atoms with Crippen LogP contribution >= 0.6 is 0 Å². The van der Waals surface area contributed by atoms with Gasteiger partial charge in [0, 0.05) is 18.8 Å². The third kappa shape index (κ3) is 6.20. The van der Waals surface area contributed by atoms with Crippen LogP contribution in [0, 0.1) is 11.8 Å². The van der Waals surface area contributed by atoms with E-state index in [1.807, 2.05) is 0 Å². The molecule has 0 bridgehead atoms. The van der Waals surface area contributed by atoms with Crippen molar-refractivity contribution in [2.45, 2.75) is 20.8 Å². The summed E-state index contributed by atoms with van der Waals surface area (Å²) in [6.45, 7) is 7.40. The van der Waals surface area contributed by atoms with Gasteiger partial charge in [0.05, 0.1) is 7.11 Å². The first-order valence-corrected chi connectivity index (χ1v) is 4.55. The van der Waals surface area contributed by atoms with Crippen molar-refractivity contribution in [3.05, 3.63) is 12.3 Å². The van der Waals surface area contributed by atoms with E-state index in [0.717, 1.165) is 6.54 Å². The summed E-state index contributed by atoms with van der Waals surface area (Å²) in [6, 6.07) is 0. The zero-order valence-electron chi connectivity index (χ0n) is 8.83. The summed E-state index contributed by atoms with van der Waals surface area (Å²) >= 11 is 0. The summed E-state index contributed by atoms with van der Waals surface area (Å²) in [6.07, 6.45) is 3.01. The zero-order chi connectivity index (χ0) is 10.3. The van der Waals surface area contributed by atoms with Crippen LogP contribution < -0.4 is 5.32 Å². The molecule has 0 aromatic heterocycles. The van der Waals surface area contributed by atoms with Crippen LogP contribution in [0.3, 0.4) is 0 Å². The fourth-order valence-corrected chi connectivity index (χ4v) is 0.685. The third-order valence-electron chi connectivity index (χ3n) is 2.12. The lowest BCUT2D eigenvalue weighted by atomic mass is 9.98. The lowest BCUT2D eigenvalue weighted by molar-refractivity contribution is -0.134. The van der Waals surface area contributed by atoms with Gasteiger partial charge in [-0.25, -0.2) is 4.79 Å². The average molecular weight is 185 g/mol. The molecule has 13 heavy (non-hydrogen) atoms. The van der Waals surface area contributed by atoms with Crippen LogP contribution in [0.1, 0.15) is 20.8 Å². The molecule has 0 aromatic rings. The minimum atomic E-state index is -0.329. The van der Waals surface area contributed by atoms with Gasteiger partial charge in [0.15, 0.2) is 0 Å². The van der Waals surface area contributed by atoms with Crippen LogP contribution in [0.4, 0.5) is 0 Å². The Morgan fingerprint density at radius 1 is 1.46 bits per heavy atom. The minimum Gasteiger partial charge on any atom is -0.466 e. The van der Waals surface area contributed by atoms with E-state index in [2.05, 4.69) is 30.8 Å². The van der Waals surface area contributed by atoms with Crippen LogP contribution in [0.5, 0.6) is 0 Å². The zero-order valence-corrected chi connectivity index (χ0v) is 8.83. The highest BCUT2D eigenvalue weighted by Gasteiger charge is 2.04. The maximum atomic E-state index is 10.6. The van der Waals surface area contributed by atoms with Gasteiger partial charge >= 0.3 is 5.97 Å². The lowest BCUT2D eigenvalue weighted by Gasteiger charge is -2.14. The Labute approximate surface area is 80.2 Å². The molecule has 0 amide bonds. The number of hydrogen-bond acceptors (Lipinski definition) is 3. The largest absolute Gasteiger partial charge is 0.466 e. The van der Waals surface area contributed by atoms with Gasteiger partial charge in [-0.15, -0.1) is 0 Å². The first kappa shape index (κ1) is 12.0. The van der Waals surface area contributed by atoms with Gasteiger partial charge in [-0.05, 0) is 11.8 Å². The van der Waals surface area contributed by atoms with E-state index in [1.54, 1.807) is 6.20 Å². The fourth-order valence-electron chi connectivity index (χ4n) is 0.685. The van der Waals surface area contributed by atoms with E-state index >= 15 is 0 Å². The second kappa shape index (κ2) is 6.52. The number of methoxy groups -OCH3 is 1. The molecule has 3 heteroatoms. The molecule has 0 fully saturated rings. The van der Waals surface area contributed by atoms with Crippen molar-refractivity contribution in [2.75, 3.05) is 13.7 Å². The highest BCUT2D eigenvalue weighted by atomic mass is 16.5. The third-order valence-corrected chi connectivity index (χ3v) is 2.12. The van der Waals surface area contributed by atoms with Crippen LogP contribution in [0.2, 0.25) is 0 Å². The SMILES string of the molecule is COC(=O)/C=C/NCC(C)C(C)C. The van der Waals surface area contributed by atoms with E-state index in [9.17, 15) is 4.79 Å². The molecule has 1 N–H and O–H groups in total. The average Bonchev–Trinajstić information content (AvgIpc) is 2.11. The molecule has 0 spiro atoms. The molecule has 0 saturated carbocycles. The topological polar surface area (TPSA) is 38.3 Å². The van der Waals surface area contributed by atoms with Crippen molar-refractivity contribution < 1.29 is 9.53 Å². The first-order valence-electron chi connectivity index (χ1n) is 4.55. The predicted octanol–water partition coefficient (Wildman–Crippen LogP) is 1.55. The van der Waals surface area contributed by atoms with Gasteiger partial charge in [0.25, 0.3) is 0 Å². The number of ether oxygens (including phenoxy) is 1. The summed E-state index contributed by atoms with van der Waals surface area (Å²) in [5, 5.41) is 3.05. The van der Waals surface area contributed by atoms with E-state index in [-0.39, 0.29) is 5.97 Å². The fraction of sp³-hybridized carbons (Fsp3) is 0.700. The van der Waals surface area contributed by atoms with Gasteiger partial charge in [-0.3, -0.25) is 0 Å². The van der Waals surface area contributed by atoms with Gasteiger partial charge < -0.3 is 10.1 Å². The standard InChI is InChI=1S/C10H19NO2/c1-8(2)9(3)7-11-6-5-10(12)13-4/h5-6,8-9,11H,7H2,1-4H3/b6-5+. The first-order chi connectivity index (χ1) is 6.07. The number of nitrogens with one attached hydrogen (secondary N) is 1. The number of carbonyl (C=O) groups excluding carboxylic acids is 1. The second-order valence-corrected chi connectivity index (χ2v) is 3.49. The normalized spacial score (nSPS) is 13.3. The summed E-state index contributed by atoms with van der Waals surface area (Å²) < 4.78 is 4.44. The van der Waals surface area contributed by atoms with E-state index < -0.39 is 0 Å². The Morgan fingerprint density at radius 2 is 2.08 bits per heavy atom. The molecule has 76 valence electrons. The quantitative estimate of drug-likeness (QED) is 0.521. The van der Waals surface area contributed by atoms with Crippen LogP contribution in [-0.2, 0) is 9.53 Å². The van der Waals surface area contributed by atoms with Gasteiger partial charge in [-0.2, -0.15) is 0 Å². The minimum absolute atomic E-state index is 0.329. The Kier molecular flexibility index (Phi) is 6.02. The van der Waals surface area contributed by atoms with Crippen LogP contribution in [0.25, 0.3) is 0 Å². The Morgan fingerprint density at radius 3 is 2.54 bits per heavy atom. The van der Waals surface area contributed by atoms with Crippen LogP contribution in [0.15, 0.2) is 12.3 Å². The molecule has 0 aliphatic carbocycles. The summed E-state index contributed by atoms with van der Waals surface area (Å²) in [5.41, 5.74) is 0. The molecule has 0 radical (unpaired) electrons. The molecule has 3 nitrogen and oxygen atoms in total. The number of rotatable bonds is 5. The monoisotopic (exact) mass is 185 g/mol. The second-order valence-electron chi connectivity index (χ2n) is 3.49. The highest BCUT2D eigenvalue weighted by Crippen LogP contribution is 2.07. The number of esters is 1.